The molecule has 1 aromatic heterocycles. The van der Waals surface area contributed by atoms with Gasteiger partial charge in [0.05, 0.1) is 18.2 Å². The summed E-state index contributed by atoms with van der Waals surface area (Å²) in [6.45, 7) is 1.43. The van der Waals surface area contributed by atoms with Crippen LogP contribution in [0.5, 0.6) is 5.75 Å². The first-order valence-corrected chi connectivity index (χ1v) is 10.6. The van der Waals surface area contributed by atoms with Gasteiger partial charge < -0.3 is 24.8 Å². The molecule has 2 fully saturated rings. The molecule has 0 radical (unpaired) electrons. The number of aromatic nitrogens is 1. The third-order valence-electron chi connectivity index (χ3n) is 6.87. The molecule has 10 heteroatoms. The van der Waals surface area contributed by atoms with Crippen LogP contribution in [0.2, 0.25) is 0 Å². The number of rotatable bonds is 6. The quantitative estimate of drug-likeness (QED) is 0.403. The Morgan fingerprint density at radius 2 is 2.19 bits per heavy atom. The van der Waals surface area contributed by atoms with Crippen LogP contribution in [-0.4, -0.2) is 56.0 Å². The third-order valence-corrected chi connectivity index (χ3v) is 6.87. The summed E-state index contributed by atoms with van der Waals surface area (Å²) in [6, 6.07) is 1.99. The second-order valence-electron chi connectivity index (χ2n) is 8.79. The second-order valence-corrected chi connectivity index (χ2v) is 8.79. The van der Waals surface area contributed by atoms with Crippen molar-refractivity contribution in [2.45, 2.75) is 30.8 Å². The molecule has 0 unspecified atom stereocenters. The van der Waals surface area contributed by atoms with E-state index in [1.165, 1.54) is 23.8 Å². The summed E-state index contributed by atoms with van der Waals surface area (Å²) >= 11 is 0. The Morgan fingerprint density at radius 1 is 1.41 bits per heavy atom. The summed E-state index contributed by atoms with van der Waals surface area (Å²) in [4.78, 5) is 38.0. The summed E-state index contributed by atoms with van der Waals surface area (Å²) in [5, 5.41) is 0.299. The van der Waals surface area contributed by atoms with E-state index in [1.54, 1.807) is 0 Å². The first-order valence-electron chi connectivity index (χ1n) is 10.6. The number of nitrogens with zero attached hydrogens (tertiary/aromatic N) is 2. The first kappa shape index (κ1) is 20.9. The van der Waals surface area contributed by atoms with Gasteiger partial charge in [-0.15, -0.1) is 0 Å². The maximum absolute atomic E-state index is 15.4. The van der Waals surface area contributed by atoms with Crippen LogP contribution in [0.1, 0.15) is 35.7 Å². The standard InChI is InChI=1S/C22H24FN3O6/c1-30-9-14-10-31-19-17-12(6-15(20(28)26(14)17)21(29)32-11-27)7-16(23)18(19)25-5-2-13(8-25)22(24)3-4-22/h6-7,11,13-14H,2-5,8-10,24H2,1H3/t13-,14+/m1/s1. The van der Waals surface area contributed by atoms with Crippen LogP contribution >= 0.6 is 0 Å². The molecule has 9 nitrogen and oxygen atoms in total. The molecule has 3 heterocycles. The molecule has 0 spiro atoms. The molecule has 0 bridgehead atoms. The highest BCUT2D eigenvalue weighted by molar-refractivity contribution is 5.99. The highest BCUT2D eigenvalue weighted by Gasteiger charge is 2.48. The van der Waals surface area contributed by atoms with Gasteiger partial charge in [0.15, 0.2) is 11.6 Å². The van der Waals surface area contributed by atoms with Gasteiger partial charge in [-0.05, 0) is 37.3 Å². The average molecular weight is 445 g/mol. The molecule has 32 heavy (non-hydrogen) atoms. The van der Waals surface area contributed by atoms with Gasteiger partial charge in [-0.2, -0.15) is 0 Å². The summed E-state index contributed by atoms with van der Waals surface area (Å²) < 4.78 is 32.4. The minimum atomic E-state index is -1.09. The van der Waals surface area contributed by atoms with Gasteiger partial charge in [-0.1, -0.05) is 0 Å². The topological polar surface area (TPSA) is 113 Å². The van der Waals surface area contributed by atoms with Crippen molar-refractivity contribution >= 4 is 29.0 Å². The number of carbonyl (C=O) groups is 2. The molecule has 170 valence electrons. The fraction of sp³-hybridized carbons (Fsp3) is 0.500. The van der Waals surface area contributed by atoms with E-state index in [2.05, 4.69) is 4.74 Å². The van der Waals surface area contributed by atoms with Crippen LogP contribution in [0.3, 0.4) is 0 Å². The van der Waals surface area contributed by atoms with Crippen LogP contribution < -0.4 is 20.9 Å². The number of hydrogen-bond donors (Lipinski definition) is 1. The molecule has 1 aromatic carbocycles. The Labute approximate surface area is 182 Å². The van der Waals surface area contributed by atoms with Gasteiger partial charge >= 0.3 is 12.4 Å². The average Bonchev–Trinajstić information content (AvgIpc) is 3.31. The van der Waals surface area contributed by atoms with Crippen LogP contribution in [0.25, 0.3) is 10.9 Å². The van der Waals surface area contributed by atoms with Gasteiger partial charge in [-0.25, -0.2) is 9.18 Å². The number of benzene rings is 1. The number of halogens is 1. The van der Waals surface area contributed by atoms with Gasteiger partial charge in [-0.3, -0.25) is 14.2 Å². The summed E-state index contributed by atoms with van der Waals surface area (Å²) in [5.74, 6) is -1.07. The van der Waals surface area contributed by atoms with Crippen molar-refractivity contribution in [3.05, 3.63) is 33.9 Å². The largest absolute Gasteiger partial charge is 0.487 e. The summed E-state index contributed by atoms with van der Waals surface area (Å²) in [5.41, 5.74) is 5.91. The van der Waals surface area contributed by atoms with Gasteiger partial charge in [0.1, 0.15) is 17.9 Å². The lowest BCUT2D eigenvalue weighted by Crippen LogP contribution is -2.38. The number of ether oxygens (including phenoxy) is 3. The van der Waals surface area contributed by atoms with E-state index in [0.717, 1.165) is 19.3 Å². The lowest BCUT2D eigenvalue weighted by molar-refractivity contribution is -0.123. The zero-order valence-corrected chi connectivity index (χ0v) is 17.6. The summed E-state index contributed by atoms with van der Waals surface area (Å²) in [6.07, 6.45) is 2.82. The fourth-order valence-corrected chi connectivity index (χ4v) is 5.02. The van der Waals surface area contributed by atoms with E-state index in [-0.39, 0.29) is 42.5 Å². The molecular formula is C22H24FN3O6. The van der Waals surface area contributed by atoms with E-state index in [9.17, 15) is 14.4 Å². The predicted molar refractivity (Wildman–Crippen MR) is 113 cm³/mol. The van der Waals surface area contributed by atoms with E-state index in [0.29, 0.717) is 29.7 Å². The van der Waals surface area contributed by atoms with E-state index in [1.807, 2.05) is 4.90 Å². The Hall–Kier alpha value is -2.98. The molecule has 1 aliphatic carbocycles. The molecule has 1 saturated carbocycles. The normalized spacial score (nSPS) is 23.2. The van der Waals surface area contributed by atoms with Crippen molar-refractivity contribution in [3.8, 4) is 5.75 Å². The molecule has 2 atom stereocenters. The lowest BCUT2D eigenvalue weighted by Gasteiger charge is -2.32. The Kier molecular flexibility index (Phi) is 4.94. The number of hydrogen-bond acceptors (Lipinski definition) is 8. The Bertz CT molecular complexity index is 1170. The SMILES string of the molecule is COC[C@H]1COc2c(N3CC[C@@H](C4(N)CC4)C3)c(F)cc3cc(C(=O)OC=O)c(=O)n1c23. The highest BCUT2D eigenvalue weighted by Crippen LogP contribution is 2.48. The Morgan fingerprint density at radius 3 is 2.88 bits per heavy atom. The van der Waals surface area contributed by atoms with Gasteiger partial charge in [0.25, 0.3) is 5.56 Å². The van der Waals surface area contributed by atoms with E-state index in [4.69, 9.17) is 15.2 Å². The van der Waals surface area contributed by atoms with E-state index < -0.39 is 23.4 Å². The van der Waals surface area contributed by atoms with E-state index >= 15 is 4.39 Å². The minimum absolute atomic E-state index is 0.0408. The van der Waals surface area contributed by atoms with Crippen molar-refractivity contribution in [1.82, 2.24) is 4.57 Å². The number of carbonyl (C=O) groups excluding carboxylic acids is 2. The minimum Gasteiger partial charge on any atom is -0.487 e. The molecule has 3 aliphatic rings. The van der Waals surface area contributed by atoms with Gasteiger partial charge in [0.2, 0.25) is 0 Å². The van der Waals surface area contributed by atoms with Crippen LogP contribution in [0, 0.1) is 11.7 Å². The smallest absolute Gasteiger partial charge is 0.351 e. The van der Waals surface area contributed by atoms with Crippen molar-refractivity contribution in [2.75, 3.05) is 38.3 Å². The monoisotopic (exact) mass is 445 g/mol. The van der Waals surface area contributed by atoms with Gasteiger partial charge in [0, 0.05) is 31.1 Å². The molecule has 1 saturated heterocycles. The van der Waals surface area contributed by atoms with Crippen LogP contribution in [0.15, 0.2) is 16.9 Å². The van der Waals surface area contributed by atoms with Crippen molar-refractivity contribution in [1.29, 1.82) is 0 Å². The number of nitrogens with two attached hydrogens (primary N) is 1. The number of anilines is 1. The molecule has 0 amide bonds. The molecule has 2 aliphatic heterocycles. The fourth-order valence-electron chi connectivity index (χ4n) is 5.02. The van der Waals surface area contributed by atoms with Crippen molar-refractivity contribution in [3.63, 3.8) is 0 Å². The zero-order valence-electron chi connectivity index (χ0n) is 17.6. The number of pyridine rings is 1. The molecular weight excluding hydrogens is 421 g/mol. The number of methoxy groups -OCH3 is 1. The van der Waals surface area contributed by atoms with Crippen molar-refractivity contribution < 1.29 is 28.2 Å². The molecule has 5 rings (SSSR count). The summed E-state index contributed by atoms with van der Waals surface area (Å²) in [7, 11) is 1.49. The van der Waals surface area contributed by atoms with Crippen LogP contribution in [-0.2, 0) is 14.3 Å². The molecule has 2 aromatic rings. The maximum Gasteiger partial charge on any atom is 0.351 e. The maximum atomic E-state index is 15.4. The zero-order chi connectivity index (χ0) is 22.6. The second kappa shape index (κ2) is 7.56. The highest BCUT2D eigenvalue weighted by atomic mass is 19.1. The first-order chi connectivity index (χ1) is 15.4. The predicted octanol–water partition coefficient (Wildman–Crippen LogP) is 1.35. The third kappa shape index (κ3) is 3.17. The Balaban J connectivity index is 1.68. The lowest BCUT2D eigenvalue weighted by atomic mass is 9.97. The molecule has 2 N–H and O–H groups in total. The number of esters is 1. The van der Waals surface area contributed by atoms with Crippen LogP contribution in [0.4, 0.5) is 10.1 Å². The van der Waals surface area contributed by atoms with Crippen molar-refractivity contribution in [2.24, 2.45) is 11.7 Å².